The number of unbranched alkanes of at least 4 members (excludes halogenated alkanes) is 9. The lowest BCUT2D eigenvalue weighted by atomic mass is 10.1. The van der Waals surface area contributed by atoms with Gasteiger partial charge in [0.25, 0.3) is 0 Å². The Morgan fingerprint density at radius 2 is 0.643 bits per heavy atom. The van der Waals surface area contributed by atoms with Crippen molar-refractivity contribution < 1.29 is 23.8 Å². The summed E-state index contributed by atoms with van der Waals surface area (Å²) >= 11 is 0. The number of esters is 2. The first-order valence-corrected chi connectivity index (χ1v) is 27.7. The molecule has 0 spiro atoms. The van der Waals surface area contributed by atoms with Crippen LogP contribution in [0.3, 0.4) is 0 Å². The summed E-state index contributed by atoms with van der Waals surface area (Å²) in [6.07, 6.45) is 88.2. The molecule has 0 saturated carbocycles. The van der Waals surface area contributed by atoms with Gasteiger partial charge in [0.1, 0.15) is 6.61 Å². The van der Waals surface area contributed by atoms with E-state index in [1.807, 2.05) is 12.2 Å². The van der Waals surface area contributed by atoms with Crippen molar-refractivity contribution in [3.8, 4) is 0 Å². The molecular weight excluding hydrogens is 861 g/mol. The molecule has 390 valence electrons. The first kappa shape index (κ1) is 65.3. The number of carbonyl (C=O) groups excluding carboxylic acids is 2. The third kappa shape index (κ3) is 55.9. The first-order chi connectivity index (χ1) is 34.6. The Morgan fingerprint density at radius 3 is 1.03 bits per heavy atom. The summed E-state index contributed by atoms with van der Waals surface area (Å²) in [5, 5.41) is 0. The lowest BCUT2D eigenvalue weighted by Gasteiger charge is -2.18. The van der Waals surface area contributed by atoms with Gasteiger partial charge in [0.05, 0.1) is 6.61 Å². The highest BCUT2D eigenvalue weighted by molar-refractivity contribution is 5.70. The Bertz CT molecular complexity index is 1600. The SMILES string of the molecule is CC/C=C\C/C=C\C/C=C\C/C=C\C/C=C\C/C=C\CCC(=O)OCC(COCCCCCCCC/C=C\C/C=C\CCCCC)OC(=O)CC/C=C\C/C=C\C/C=C\C/C=C\C/C=C\C/C=C\CC. The number of rotatable bonds is 48. The molecule has 0 aromatic carbocycles. The van der Waals surface area contributed by atoms with E-state index in [9.17, 15) is 9.59 Å². The van der Waals surface area contributed by atoms with Crippen LogP contribution in [-0.2, 0) is 23.8 Å². The van der Waals surface area contributed by atoms with Crippen molar-refractivity contribution in [1.82, 2.24) is 0 Å². The van der Waals surface area contributed by atoms with Crippen LogP contribution in [0.25, 0.3) is 0 Å². The van der Waals surface area contributed by atoms with Crippen LogP contribution >= 0.6 is 0 Å². The number of ether oxygens (including phenoxy) is 3. The molecule has 0 bridgehead atoms. The van der Waals surface area contributed by atoms with Crippen LogP contribution in [0.5, 0.6) is 0 Å². The third-order valence-electron chi connectivity index (χ3n) is 10.7. The van der Waals surface area contributed by atoms with Gasteiger partial charge < -0.3 is 14.2 Å². The van der Waals surface area contributed by atoms with Crippen molar-refractivity contribution in [1.29, 1.82) is 0 Å². The smallest absolute Gasteiger partial charge is 0.306 e. The summed E-state index contributed by atoms with van der Waals surface area (Å²) in [7, 11) is 0. The van der Waals surface area contributed by atoms with Crippen molar-refractivity contribution in [2.45, 2.75) is 207 Å². The zero-order valence-electron chi connectivity index (χ0n) is 44.7. The van der Waals surface area contributed by atoms with E-state index in [2.05, 4.69) is 179 Å². The average Bonchev–Trinajstić information content (AvgIpc) is 3.36. The summed E-state index contributed by atoms with van der Waals surface area (Å²) in [5.41, 5.74) is 0. The molecule has 5 heteroatoms. The zero-order valence-corrected chi connectivity index (χ0v) is 44.7. The van der Waals surface area contributed by atoms with Crippen LogP contribution in [0.1, 0.15) is 201 Å². The maximum Gasteiger partial charge on any atom is 0.306 e. The number of carbonyl (C=O) groups is 2. The van der Waals surface area contributed by atoms with E-state index >= 15 is 0 Å². The van der Waals surface area contributed by atoms with Gasteiger partial charge in [-0.15, -0.1) is 0 Å². The normalized spacial score (nSPS) is 13.6. The van der Waals surface area contributed by atoms with Crippen LogP contribution in [0.15, 0.2) is 170 Å². The van der Waals surface area contributed by atoms with E-state index in [1.54, 1.807) is 0 Å². The van der Waals surface area contributed by atoms with Gasteiger partial charge in [0.2, 0.25) is 0 Å². The van der Waals surface area contributed by atoms with Gasteiger partial charge in [0.15, 0.2) is 6.10 Å². The molecule has 0 radical (unpaired) electrons. The Labute approximate surface area is 430 Å². The highest BCUT2D eigenvalue weighted by Gasteiger charge is 2.17. The highest BCUT2D eigenvalue weighted by atomic mass is 16.6. The minimum Gasteiger partial charge on any atom is -0.462 e. The molecule has 0 heterocycles. The first-order valence-electron chi connectivity index (χ1n) is 27.7. The van der Waals surface area contributed by atoms with Gasteiger partial charge in [-0.2, -0.15) is 0 Å². The molecule has 0 aliphatic rings. The van der Waals surface area contributed by atoms with E-state index in [-0.39, 0.29) is 38.0 Å². The molecule has 0 saturated heterocycles. The second-order valence-corrected chi connectivity index (χ2v) is 17.4. The van der Waals surface area contributed by atoms with Gasteiger partial charge in [0, 0.05) is 19.4 Å². The van der Waals surface area contributed by atoms with Crippen LogP contribution in [-0.4, -0.2) is 37.9 Å². The molecule has 0 N–H and O–H groups in total. The van der Waals surface area contributed by atoms with Crippen molar-refractivity contribution in [3.63, 3.8) is 0 Å². The maximum atomic E-state index is 12.8. The van der Waals surface area contributed by atoms with E-state index in [1.165, 1.54) is 51.4 Å². The Kier molecular flexibility index (Phi) is 54.6. The summed E-state index contributed by atoms with van der Waals surface area (Å²) in [6.45, 7) is 7.36. The Balaban J connectivity index is 4.58. The van der Waals surface area contributed by atoms with E-state index in [0.717, 1.165) is 103 Å². The maximum absolute atomic E-state index is 12.8. The Morgan fingerprint density at radius 1 is 0.329 bits per heavy atom. The molecule has 5 nitrogen and oxygen atoms in total. The molecule has 70 heavy (non-hydrogen) atoms. The van der Waals surface area contributed by atoms with E-state index in [0.29, 0.717) is 19.4 Å². The summed E-state index contributed by atoms with van der Waals surface area (Å²) in [4.78, 5) is 25.4. The standard InChI is InChI=1S/C65H100O5/c1-4-7-10-13-16-19-22-25-28-31-33-35-37-40-43-46-49-52-55-58-64(66)69-62-63(61-68-60-57-54-51-48-45-42-39-30-27-24-21-18-15-12-9-6-3)70-65(67)59-56-53-50-47-44-41-38-36-34-32-29-26-23-20-17-14-11-8-5-2/h7-8,10-11,16-21,25-30,33-36,40-41,43-44,49-50,52-53,63H,4-6,9,12-15,22-24,31-32,37-39,42,45-48,51,54-62H2,1-3H3/b10-7-,11-8-,19-16-,20-17-,21-18-,28-25-,29-26-,30-27-,35-33-,36-34-,43-40-,44-41-,52-49-,53-50-. The summed E-state index contributed by atoms with van der Waals surface area (Å²) in [5.74, 6) is -0.612. The predicted octanol–water partition coefficient (Wildman–Crippen LogP) is 19.2. The fourth-order valence-electron chi connectivity index (χ4n) is 6.71. The second kappa shape index (κ2) is 58.6. The molecule has 0 aliphatic heterocycles. The summed E-state index contributed by atoms with van der Waals surface area (Å²) in [6, 6.07) is 0. The lowest BCUT2D eigenvalue weighted by Crippen LogP contribution is -2.30. The van der Waals surface area contributed by atoms with Crippen molar-refractivity contribution in [3.05, 3.63) is 170 Å². The fourth-order valence-corrected chi connectivity index (χ4v) is 6.71. The lowest BCUT2D eigenvalue weighted by molar-refractivity contribution is -0.162. The van der Waals surface area contributed by atoms with Crippen molar-refractivity contribution in [2.75, 3.05) is 19.8 Å². The minimum absolute atomic E-state index is 0.00206. The fraction of sp³-hybridized carbons (Fsp3) is 0.538. The molecule has 0 amide bonds. The predicted molar refractivity (Wildman–Crippen MR) is 306 cm³/mol. The van der Waals surface area contributed by atoms with E-state index < -0.39 is 6.10 Å². The van der Waals surface area contributed by atoms with E-state index in [4.69, 9.17) is 14.2 Å². The molecule has 0 aromatic rings. The molecule has 0 rings (SSSR count). The molecular formula is C65H100O5. The summed E-state index contributed by atoms with van der Waals surface area (Å²) < 4.78 is 17.3. The minimum atomic E-state index is -0.628. The van der Waals surface area contributed by atoms with Crippen molar-refractivity contribution >= 4 is 11.9 Å². The van der Waals surface area contributed by atoms with Crippen molar-refractivity contribution in [2.24, 2.45) is 0 Å². The van der Waals surface area contributed by atoms with Crippen LogP contribution in [0.2, 0.25) is 0 Å². The number of hydrogen-bond acceptors (Lipinski definition) is 5. The highest BCUT2D eigenvalue weighted by Crippen LogP contribution is 2.10. The van der Waals surface area contributed by atoms with Gasteiger partial charge in [-0.1, -0.05) is 229 Å². The largest absolute Gasteiger partial charge is 0.462 e. The Hall–Kier alpha value is -4.74. The second-order valence-electron chi connectivity index (χ2n) is 17.4. The molecule has 1 unspecified atom stereocenters. The van der Waals surface area contributed by atoms with Crippen LogP contribution < -0.4 is 0 Å². The molecule has 0 aliphatic carbocycles. The third-order valence-corrected chi connectivity index (χ3v) is 10.7. The van der Waals surface area contributed by atoms with Gasteiger partial charge in [-0.3, -0.25) is 9.59 Å². The monoisotopic (exact) mass is 961 g/mol. The zero-order chi connectivity index (χ0) is 50.6. The molecule has 0 aromatic heterocycles. The van der Waals surface area contributed by atoms with Gasteiger partial charge in [-0.25, -0.2) is 0 Å². The number of hydrogen-bond donors (Lipinski definition) is 0. The molecule has 0 fully saturated rings. The quantitative estimate of drug-likeness (QED) is 0.0345. The average molecular weight is 962 g/mol. The van der Waals surface area contributed by atoms with Gasteiger partial charge in [-0.05, 0) is 128 Å². The van der Waals surface area contributed by atoms with Crippen LogP contribution in [0.4, 0.5) is 0 Å². The number of allylic oxidation sites excluding steroid dienone is 28. The topological polar surface area (TPSA) is 61.8 Å². The molecule has 1 atom stereocenters. The van der Waals surface area contributed by atoms with Crippen LogP contribution in [0, 0.1) is 0 Å². The van der Waals surface area contributed by atoms with Gasteiger partial charge >= 0.3 is 11.9 Å².